The molecule has 3 heterocycles. The second-order valence-corrected chi connectivity index (χ2v) is 5.17. The van der Waals surface area contributed by atoms with E-state index in [9.17, 15) is 0 Å². The largest absolute Gasteiger partial charge is 0.306 e. The van der Waals surface area contributed by atoms with Crippen molar-refractivity contribution >= 4 is 0 Å². The van der Waals surface area contributed by atoms with Crippen molar-refractivity contribution in [3.8, 4) is 0 Å². The number of nitrogens with zero attached hydrogens (tertiary/aromatic N) is 4. The fourth-order valence-corrected chi connectivity index (χ4v) is 2.85. The Hall–Kier alpha value is -0.900. The van der Waals surface area contributed by atoms with Crippen molar-refractivity contribution in [2.75, 3.05) is 20.1 Å². The van der Waals surface area contributed by atoms with Crippen molar-refractivity contribution in [2.45, 2.75) is 44.6 Å². The van der Waals surface area contributed by atoms with Gasteiger partial charge >= 0.3 is 0 Å². The predicted octanol–water partition coefficient (Wildman–Crippen LogP) is 1.42. The van der Waals surface area contributed by atoms with Gasteiger partial charge in [0.1, 0.15) is 5.82 Å². The number of hydrogen-bond donors (Lipinski definition) is 0. The molecule has 4 nitrogen and oxygen atoms in total. The lowest BCUT2D eigenvalue weighted by molar-refractivity contribution is 0.245. The summed E-state index contributed by atoms with van der Waals surface area (Å²) in [5, 5.41) is 4.69. The molecule has 4 heteroatoms. The average molecular weight is 220 g/mol. The van der Waals surface area contributed by atoms with Crippen LogP contribution in [0.15, 0.2) is 0 Å². The van der Waals surface area contributed by atoms with Gasteiger partial charge in [0, 0.05) is 25.4 Å². The van der Waals surface area contributed by atoms with Gasteiger partial charge in [-0.25, -0.2) is 9.67 Å². The zero-order chi connectivity index (χ0) is 11.0. The number of likely N-dealkylation sites (tertiary alicyclic amines) is 1. The van der Waals surface area contributed by atoms with Crippen LogP contribution in [0.2, 0.25) is 0 Å². The molecule has 0 aliphatic carbocycles. The number of likely N-dealkylation sites (N-methyl/N-ethyl adjacent to an activating group) is 1. The van der Waals surface area contributed by atoms with Gasteiger partial charge in [0.15, 0.2) is 5.82 Å². The summed E-state index contributed by atoms with van der Waals surface area (Å²) in [6.45, 7) is 3.43. The van der Waals surface area contributed by atoms with Gasteiger partial charge in [-0.15, -0.1) is 0 Å². The van der Waals surface area contributed by atoms with Gasteiger partial charge < -0.3 is 4.90 Å². The topological polar surface area (TPSA) is 34.0 Å². The smallest absolute Gasteiger partial charge is 0.155 e. The van der Waals surface area contributed by atoms with Crippen molar-refractivity contribution in [1.29, 1.82) is 0 Å². The fraction of sp³-hybridized carbons (Fsp3) is 0.833. The maximum absolute atomic E-state index is 4.73. The summed E-state index contributed by atoms with van der Waals surface area (Å²) >= 11 is 0. The molecule has 1 saturated heterocycles. The fourth-order valence-electron chi connectivity index (χ4n) is 2.85. The third-order valence-electron chi connectivity index (χ3n) is 3.77. The van der Waals surface area contributed by atoms with Gasteiger partial charge in [-0.1, -0.05) is 0 Å². The molecule has 1 fully saturated rings. The standard InChI is InChI=1S/C12H20N4/c1-15-7-4-5-10(9-15)12-13-11-6-2-3-8-16(11)14-12/h10H,2-9H2,1H3. The highest BCUT2D eigenvalue weighted by molar-refractivity contribution is 5.03. The molecule has 16 heavy (non-hydrogen) atoms. The molecule has 0 radical (unpaired) electrons. The Kier molecular flexibility index (Phi) is 2.67. The van der Waals surface area contributed by atoms with E-state index in [1.807, 2.05) is 0 Å². The molecule has 0 aromatic carbocycles. The second-order valence-electron chi connectivity index (χ2n) is 5.17. The van der Waals surface area contributed by atoms with E-state index in [0.717, 1.165) is 25.3 Å². The highest BCUT2D eigenvalue weighted by atomic mass is 15.4. The maximum Gasteiger partial charge on any atom is 0.155 e. The molecule has 1 unspecified atom stereocenters. The van der Waals surface area contributed by atoms with Crippen LogP contribution in [-0.2, 0) is 13.0 Å². The number of rotatable bonds is 1. The van der Waals surface area contributed by atoms with Crippen LogP contribution < -0.4 is 0 Å². The average Bonchev–Trinajstić information content (AvgIpc) is 2.72. The summed E-state index contributed by atoms with van der Waals surface area (Å²) in [6, 6.07) is 0. The van der Waals surface area contributed by atoms with Crippen LogP contribution >= 0.6 is 0 Å². The molecule has 0 amide bonds. The van der Waals surface area contributed by atoms with Gasteiger partial charge in [-0.3, -0.25) is 0 Å². The first-order valence-corrected chi connectivity index (χ1v) is 6.45. The normalized spacial score (nSPS) is 26.7. The highest BCUT2D eigenvalue weighted by Gasteiger charge is 2.24. The number of fused-ring (bicyclic) bond motifs is 1. The third-order valence-corrected chi connectivity index (χ3v) is 3.77. The van der Waals surface area contributed by atoms with E-state index in [2.05, 4.69) is 21.7 Å². The van der Waals surface area contributed by atoms with E-state index >= 15 is 0 Å². The summed E-state index contributed by atoms with van der Waals surface area (Å²) in [5.41, 5.74) is 0. The van der Waals surface area contributed by atoms with Crippen molar-refractivity contribution in [3.63, 3.8) is 0 Å². The molecule has 0 bridgehead atoms. The number of piperidine rings is 1. The molecule has 2 aliphatic heterocycles. The molecule has 3 rings (SSSR count). The number of aromatic nitrogens is 3. The van der Waals surface area contributed by atoms with E-state index in [1.54, 1.807) is 0 Å². The lowest BCUT2D eigenvalue weighted by atomic mass is 9.98. The van der Waals surface area contributed by atoms with Crippen molar-refractivity contribution in [1.82, 2.24) is 19.7 Å². The molecular formula is C12H20N4. The third kappa shape index (κ3) is 1.86. The Labute approximate surface area is 96.7 Å². The van der Waals surface area contributed by atoms with E-state index in [1.165, 1.54) is 38.1 Å². The van der Waals surface area contributed by atoms with Crippen LogP contribution in [0.4, 0.5) is 0 Å². The molecule has 0 N–H and O–H groups in total. The summed E-state index contributed by atoms with van der Waals surface area (Å²) < 4.78 is 2.13. The lowest BCUT2D eigenvalue weighted by Crippen LogP contribution is -2.31. The summed E-state index contributed by atoms with van der Waals surface area (Å²) in [7, 11) is 2.20. The van der Waals surface area contributed by atoms with E-state index in [-0.39, 0.29) is 0 Å². The molecule has 1 aromatic heterocycles. The second kappa shape index (κ2) is 4.17. The Morgan fingerprint density at radius 1 is 1.19 bits per heavy atom. The minimum atomic E-state index is 0.567. The quantitative estimate of drug-likeness (QED) is 0.718. The molecule has 0 saturated carbocycles. The lowest BCUT2D eigenvalue weighted by Gasteiger charge is -2.27. The minimum absolute atomic E-state index is 0.567. The van der Waals surface area contributed by atoms with Crippen molar-refractivity contribution in [3.05, 3.63) is 11.6 Å². The monoisotopic (exact) mass is 220 g/mol. The Balaban J connectivity index is 1.80. The summed E-state index contributed by atoms with van der Waals surface area (Å²) in [4.78, 5) is 7.13. The predicted molar refractivity (Wildman–Crippen MR) is 62.4 cm³/mol. The summed E-state index contributed by atoms with van der Waals surface area (Å²) in [6.07, 6.45) is 6.21. The molecule has 2 aliphatic rings. The number of hydrogen-bond acceptors (Lipinski definition) is 3. The van der Waals surface area contributed by atoms with E-state index in [4.69, 9.17) is 4.98 Å². The first kappa shape index (κ1) is 10.3. The zero-order valence-electron chi connectivity index (χ0n) is 10.0. The molecular weight excluding hydrogens is 200 g/mol. The van der Waals surface area contributed by atoms with Crippen molar-refractivity contribution in [2.24, 2.45) is 0 Å². The minimum Gasteiger partial charge on any atom is -0.306 e. The Morgan fingerprint density at radius 3 is 2.94 bits per heavy atom. The first-order chi connectivity index (χ1) is 7.83. The molecule has 1 aromatic rings. The van der Waals surface area contributed by atoms with Crippen LogP contribution in [0, 0.1) is 0 Å². The van der Waals surface area contributed by atoms with Crippen LogP contribution in [0.1, 0.15) is 43.3 Å². The highest BCUT2D eigenvalue weighted by Crippen LogP contribution is 2.25. The van der Waals surface area contributed by atoms with Gasteiger partial charge in [-0.2, -0.15) is 5.10 Å². The maximum atomic E-state index is 4.73. The Morgan fingerprint density at radius 2 is 2.12 bits per heavy atom. The Bertz CT molecular complexity index is 348. The zero-order valence-corrected chi connectivity index (χ0v) is 10.0. The van der Waals surface area contributed by atoms with Gasteiger partial charge in [-0.05, 0) is 39.3 Å². The van der Waals surface area contributed by atoms with Crippen molar-refractivity contribution < 1.29 is 0 Å². The van der Waals surface area contributed by atoms with E-state index in [0.29, 0.717) is 5.92 Å². The van der Waals surface area contributed by atoms with E-state index < -0.39 is 0 Å². The van der Waals surface area contributed by atoms with Crippen LogP contribution in [0.3, 0.4) is 0 Å². The SMILES string of the molecule is CN1CCCC(c2nc3n(n2)CCCC3)C1. The summed E-state index contributed by atoms with van der Waals surface area (Å²) in [5.74, 6) is 2.88. The van der Waals surface area contributed by atoms with Crippen LogP contribution in [0.5, 0.6) is 0 Å². The van der Waals surface area contributed by atoms with Gasteiger partial charge in [0.05, 0.1) is 0 Å². The molecule has 88 valence electrons. The first-order valence-electron chi connectivity index (χ1n) is 6.45. The van der Waals surface area contributed by atoms with Gasteiger partial charge in [0.2, 0.25) is 0 Å². The van der Waals surface area contributed by atoms with Gasteiger partial charge in [0.25, 0.3) is 0 Å². The van der Waals surface area contributed by atoms with Crippen LogP contribution in [0.25, 0.3) is 0 Å². The molecule has 1 atom stereocenters. The van der Waals surface area contributed by atoms with Crippen LogP contribution in [-0.4, -0.2) is 39.8 Å². The molecule has 0 spiro atoms. The number of aryl methyl sites for hydroxylation is 2.